The van der Waals surface area contributed by atoms with Gasteiger partial charge in [0, 0.05) is 11.6 Å². The van der Waals surface area contributed by atoms with Crippen LogP contribution in [0.3, 0.4) is 0 Å². The summed E-state index contributed by atoms with van der Waals surface area (Å²) in [5.41, 5.74) is 2.98. The molecule has 3 heterocycles. The number of aliphatic hydroxyl groups is 1. The molecule has 1 unspecified atom stereocenters. The van der Waals surface area contributed by atoms with Crippen LogP contribution in [0, 0.1) is 6.92 Å². The molecular formula is C20H14ClF2N3O4S. The van der Waals surface area contributed by atoms with Crippen molar-refractivity contribution in [3.63, 3.8) is 0 Å². The summed E-state index contributed by atoms with van der Waals surface area (Å²) in [7, 11) is 0. The van der Waals surface area contributed by atoms with Crippen molar-refractivity contribution in [2.75, 3.05) is 13.2 Å². The maximum Gasteiger partial charge on any atom is 0.388 e. The van der Waals surface area contributed by atoms with Crippen LogP contribution in [-0.2, 0) is 0 Å². The number of hydrogen-bond donors (Lipinski definition) is 1. The van der Waals surface area contributed by atoms with Crippen LogP contribution < -0.4 is 14.2 Å². The molecule has 0 radical (unpaired) electrons. The molecule has 4 aromatic rings. The van der Waals surface area contributed by atoms with Gasteiger partial charge in [0.2, 0.25) is 5.88 Å². The van der Waals surface area contributed by atoms with E-state index in [1.807, 2.05) is 13.0 Å². The van der Waals surface area contributed by atoms with Crippen LogP contribution in [0.25, 0.3) is 31.8 Å². The molecule has 7 nitrogen and oxygen atoms in total. The number of aliphatic hydroxyl groups excluding tert-OH is 1. The van der Waals surface area contributed by atoms with Gasteiger partial charge in [-0.05, 0) is 24.6 Å². The standard InChI is InChI=1S/C20H14ClF2N3O4S/c1-8-2-10(15-12(3-8)25-14(5-24-15)30-20(22)23)19-26-16-11(21)4-13-17(18(16)31-19)28-7-9(6-27)29-13/h2-5,9,20,27H,6-7H2,1H3. The van der Waals surface area contributed by atoms with Crippen molar-refractivity contribution in [2.45, 2.75) is 19.6 Å². The van der Waals surface area contributed by atoms with E-state index in [2.05, 4.69) is 19.7 Å². The fraction of sp³-hybridized carbons (Fsp3) is 0.250. The third-order valence-electron chi connectivity index (χ3n) is 4.66. The lowest BCUT2D eigenvalue weighted by molar-refractivity contribution is -0.0528. The third-order valence-corrected chi connectivity index (χ3v) is 6.04. The van der Waals surface area contributed by atoms with Crippen molar-refractivity contribution in [1.82, 2.24) is 15.0 Å². The minimum Gasteiger partial charge on any atom is -0.484 e. The number of thiazole rings is 1. The van der Waals surface area contributed by atoms with Gasteiger partial charge in [0.1, 0.15) is 21.8 Å². The SMILES string of the molecule is Cc1cc(-c2nc3c(Cl)cc4c(c3s2)OCC(CO)O4)c2ncc(OC(F)F)nc2c1. The van der Waals surface area contributed by atoms with E-state index in [1.54, 1.807) is 12.1 Å². The Hall–Kier alpha value is -2.82. The minimum absolute atomic E-state index is 0.172. The molecule has 11 heteroatoms. The van der Waals surface area contributed by atoms with E-state index in [0.29, 0.717) is 48.3 Å². The Morgan fingerprint density at radius 2 is 2.13 bits per heavy atom. The molecule has 0 saturated carbocycles. The predicted molar refractivity (Wildman–Crippen MR) is 112 cm³/mol. The van der Waals surface area contributed by atoms with Crippen molar-refractivity contribution >= 4 is 44.2 Å². The van der Waals surface area contributed by atoms with Crippen LogP contribution in [0.1, 0.15) is 5.56 Å². The summed E-state index contributed by atoms with van der Waals surface area (Å²) >= 11 is 7.78. The van der Waals surface area contributed by atoms with E-state index in [0.717, 1.165) is 11.8 Å². The zero-order chi connectivity index (χ0) is 21.7. The van der Waals surface area contributed by atoms with Crippen LogP contribution in [0.2, 0.25) is 5.02 Å². The number of hydrogen-bond acceptors (Lipinski definition) is 8. The molecule has 5 rings (SSSR count). The lowest BCUT2D eigenvalue weighted by atomic mass is 10.1. The summed E-state index contributed by atoms with van der Waals surface area (Å²) in [4.78, 5) is 13.1. The molecular weight excluding hydrogens is 452 g/mol. The summed E-state index contributed by atoms with van der Waals surface area (Å²) < 4.78 is 41.7. The van der Waals surface area contributed by atoms with Gasteiger partial charge >= 0.3 is 6.61 Å². The van der Waals surface area contributed by atoms with E-state index < -0.39 is 12.7 Å². The predicted octanol–water partition coefficient (Wildman–Crippen LogP) is 4.60. The van der Waals surface area contributed by atoms with Gasteiger partial charge in [-0.2, -0.15) is 8.78 Å². The molecule has 2 aromatic heterocycles. The van der Waals surface area contributed by atoms with Gasteiger partial charge in [-0.15, -0.1) is 11.3 Å². The molecule has 1 N–H and O–H groups in total. The molecule has 1 atom stereocenters. The number of alkyl halides is 2. The number of ether oxygens (including phenoxy) is 3. The fourth-order valence-corrected chi connectivity index (χ4v) is 4.77. The Kier molecular flexibility index (Phi) is 4.99. The Morgan fingerprint density at radius 3 is 2.90 bits per heavy atom. The molecule has 0 bridgehead atoms. The zero-order valence-corrected chi connectivity index (χ0v) is 17.5. The monoisotopic (exact) mass is 465 g/mol. The van der Waals surface area contributed by atoms with Crippen LogP contribution in [-0.4, -0.2) is 46.0 Å². The molecule has 0 aliphatic carbocycles. The van der Waals surface area contributed by atoms with E-state index in [1.165, 1.54) is 11.3 Å². The second-order valence-corrected chi connectivity index (χ2v) is 8.29. The minimum atomic E-state index is -2.98. The van der Waals surface area contributed by atoms with Crippen LogP contribution in [0.4, 0.5) is 8.78 Å². The van der Waals surface area contributed by atoms with Gasteiger partial charge in [0.25, 0.3) is 0 Å². The van der Waals surface area contributed by atoms with Gasteiger partial charge in [0.05, 0.1) is 28.9 Å². The van der Waals surface area contributed by atoms with Crippen LogP contribution >= 0.6 is 22.9 Å². The van der Waals surface area contributed by atoms with Gasteiger partial charge in [-0.25, -0.2) is 15.0 Å². The lowest BCUT2D eigenvalue weighted by Gasteiger charge is -2.25. The molecule has 0 spiro atoms. The van der Waals surface area contributed by atoms with E-state index >= 15 is 0 Å². The highest BCUT2D eigenvalue weighted by atomic mass is 35.5. The third kappa shape index (κ3) is 3.60. The van der Waals surface area contributed by atoms with Gasteiger partial charge in [0.15, 0.2) is 17.6 Å². The molecule has 160 valence electrons. The number of benzene rings is 2. The van der Waals surface area contributed by atoms with Crippen molar-refractivity contribution in [1.29, 1.82) is 0 Å². The normalized spacial score (nSPS) is 15.7. The average molecular weight is 466 g/mol. The molecule has 0 saturated heterocycles. The first kappa shape index (κ1) is 20.1. The van der Waals surface area contributed by atoms with E-state index in [-0.39, 0.29) is 19.1 Å². The summed E-state index contributed by atoms with van der Waals surface area (Å²) in [6.45, 7) is -1.09. The first-order valence-electron chi connectivity index (χ1n) is 9.19. The second-order valence-electron chi connectivity index (χ2n) is 6.88. The Morgan fingerprint density at radius 1 is 1.29 bits per heavy atom. The van der Waals surface area contributed by atoms with Crippen molar-refractivity contribution in [3.8, 4) is 28.0 Å². The number of halogens is 3. The van der Waals surface area contributed by atoms with Crippen molar-refractivity contribution in [3.05, 3.63) is 35.0 Å². The number of fused-ring (bicyclic) bond motifs is 4. The zero-order valence-electron chi connectivity index (χ0n) is 15.9. The summed E-state index contributed by atoms with van der Waals surface area (Å²) in [5.74, 6) is 0.702. The molecule has 31 heavy (non-hydrogen) atoms. The number of nitrogens with zero attached hydrogens (tertiary/aromatic N) is 3. The van der Waals surface area contributed by atoms with E-state index in [9.17, 15) is 13.9 Å². The summed E-state index contributed by atoms with van der Waals surface area (Å²) in [5, 5.41) is 10.3. The number of aryl methyl sites for hydroxylation is 1. The smallest absolute Gasteiger partial charge is 0.388 e. The topological polar surface area (TPSA) is 86.6 Å². The Balaban J connectivity index is 1.66. The summed E-state index contributed by atoms with van der Waals surface area (Å²) in [6.07, 6.45) is 0.690. The average Bonchev–Trinajstić information content (AvgIpc) is 3.18. The molecule has 1 aliphatic rings. The maximum atomic E-state index is 12.5. The van der Waals surface area contributed by atoms with Crippen molar-refractivity contribution in [2.24, 2.45) is 0 Å². The van der Waals surface area contributed by atoms with E-state index in [4.69, 9.17) is 21.1 Å². The second kappa shape index (κ2) is 7.70. The summed E-state index contributed by atoms with van der Waals surface area (Å²) in [6, 6.07) is 5.24. The number of rotatable bonds is 4. The van der Waals surface area contributed by atoms with Crippen LogP contribution in [0.15, 0.2) is 24.4 Å². The molecule has 2 aromatic carbocycles. The van der Waals surface area contributed by atoms with Crippen LogP contribution in [0.5, 0.6) is 17.4 Å². The molecule has 0 fully saturated rings. The Bertz CT molecular complexity index is 1320. The molecule has 0 amide bonds. The van der Waals surface area contributed by atoms with Gasteiger partial charge < -0.3 is 19.3 Å². The number of aromatic nitrogens is 3. The lowest BCUT2D eigenvalue weighted by Crippen LogP contribution is -2.32. The van der Waals surface area contributed by atoms with Crippen molar-refractivity contribution < 1.29 is 28.1 Å². The molecule has 1 aliphatic heterocycles. The quantitative estimate of drug-likeness (QED) is 0.471. The maximum absolute atomic E-state index is 12.5. The largest absolute Gasteiger partial charge is 0.484 e. The highest BCUT2D eigenvalue weighted by Crippen LogP contribution is 2.47. The van der Waals surface area contributed by atoms with Gasteiger partial charge in [-0.3, -0.25) is 0 Å². The highest BCUT2D eigenvalue weighted by Gasteiger charge is 2.26. The highest BCUT2D eigenvalue weighted by molar-refractivity contribution is 7.22. The van der Waals surface area contributed by atoms with Gasteiger partial charge in [-0.1, -0.05) is 11.6 Å². The Labute approximate surface area is 183 Å². The fourth-order valence-electron chi connectivity index (χ4n) is 3.38. The first-order valence-corrected chi connectivity index (χ1v) is 10.4. The first-order chi connectivity index (χ1) is 14.9.